The Hall–Kier alpha value is -11.1. The maximum absolute atomic E-state index is 16.3. The van der Waals surface area contributed by atoms with Gasteiger partial charge in [-0.25, -0.2) is 65.1 Å². The van der Waals surface area contributed by atoms with Crippen molar-refractivity contribution >= 4 is 57.8 Å². The molecule has 3 aliphatic carbocycles. The van der Waals surface area contributed by atoms with Gasteiger partial charge in [0.05, 0.1) is 43.3 Å². The van der Waals surface area contributed by atoms with Crippen LogP contribution in [0.3, 0.4) is 0 Å². The van der Waals surface area contributed by atoms with Crippen LogP contribution in [-0.4, -0.2) is 166 Å². The van der Waals surface area contributed by atoms with Crippen LogP contribution in [0.5, 0.6) is 29.0 Å². The summed E-state index contributed by atoms with van der Waals surface area (Å²) >= 11 is 3.51. The molecule has 3 aliphatic rings. The van der Waals surface area contributed by atoms with Crippen molar-refractivity contribution in [2.24, 2.45) is 17.8 Å². The van der Waals surface area contributed by atoms with Crippen molar-refractivity contribution in [3.05, 3.63) is 241 Å². The number of aromatic carboxylic acids is 1. The Morgan fingerprint density at radius 2 is 0.746 bits per heavy atom. The Morgan fingerprint density at radius 1 is 0.444 bits per heavy atom. The zero-order chi connectivity index (χ0) is 106. The lowest BCUT2D eigenvalue weighted by Crippen LogP contribution is -2.43. The number of rotatable bonds is 34. The molecule has 3 fully saturated rings. The van der Waals surface area contributed by atoms with E-state index in [-0.39, 0.29) is 93.8 Å². The zero-order valence-corrected chi connectivity index (χ0v) is 90.3. The predicted molar refractivity (Wildman–Crippen MR) is 551 cm³/mol. The number of esters is 4. The molecule has 0 bridgehead atoms. The SMILES string of the molecule is CC(C)(C)OC(=O)[C@](C)(F)[C@H](c1cccc(O)c1)C1CC1.COc1cc(-c2cc(C)c(C(=O)O)cc2CN(C(C)C)C(C)C)c(F)cn1.COc1cc(-c2cc(C)c(C(=O)Oc3cccc([C@H](C4CC4)[C@@](C)(F)C(=O)OC(C)(C)C)c3)cc2CN(C(C)C)C(C)C)c(F)cn1.C[Si](C)(C)Br.Cc1cc(-c2cc(=O)[nH]cc2F)c(CN(C(C)C)C(C)C)cc1C(=O)Oc1cccc([C@H](C2CC2)[C@@](C)(F)C(=O)O)c1. The first-order valence-corrected chi connectivity index (χ1v) is 54.2. The number of benzene rings is 6. The molecule has 0 saturated heterocycles. The molecule has 4 N–H and O–H groups in total. The summed E-state index contributed by atoms with van der Waals surface area (Å²) in [6, 6.07) is 35.3. The summed E-state index contributed by atoms with van der Waals surface area (Å²) in [6.45, 7) is 51.3. The number of carbonyl (C=O) groups excluding carboxylic acids is 4. The molecule has 142 heavy (non-hydrogen) atoms. The number of alkyl halides is 3. The summed E-state index contributed by atoms with van der Waals surface area (Å²) < 4.78 is 124. The number of hydrogen-bond acceptors (Lipinski definition) is 19. The van der Waals surface area contributed by atoms with Gasteiger partial charge in [0, 0.05) is 115 Å². The first-order valence-electron chi connectivity index (χ1n) is 48.5. The van der Waals surface area contributed by atoms with Crippen molar-refractivity contribution < 1.29 is 98.9 Å². The number of phenolic OH excluding ortho intramolecular Hbond substituents is 1. The van der Waals surface area contributed by atoms with E-state index >= 15 is 17.6 Å². The lowest BCUT2D eigenvalue weighted by Gasteiger charge is -2.32. The summed E-state index contributed by atoms with van der Waals surface area (Å²) in [5.41, 5.74) is 0.0494. The van der Waals surface area contributed by atoms with Gasteiger partial charge in [-0.1, -0.05) is 74.2 Å². The number of nitrogens with one attached hydrogen (secondary N) is 1. The number of phenols is 1. The summed E-state index contributed by atoms with van der Waals surface area (Å²) in [6.07, 6.45) is 8.10. The largest absolute Gasteiger partial charge is 0.508 e. The average Bonchev–Trinajstić information content (AvgIpc) is 1.54. The van der Waals surface area contributed by atoms with Crippen molar-refractivity contribution in [1.82, 2.24) is 29.7 Å². The van der Waals surface area contributed by atoms with Crippen molar-refractivity contribution in [3.63, 3.8) is 0 Å². The third-order valence-electron chi connectivity index (χ3n) is 25.0. The van der Waals surface area contributed by atoms with E-state index in [0.29, 0.717) is 97.8 Å². The van der Waals surface area contributed by atoms with Gasteiger partial charge >= 0.3 is 35.8 Å². The molecule has 0 spiro atoms. The van der Waals surface area contributed by atoms with E-state index in [2.05, 4.69) is 120 Å². The Balaban J connectivity index is 0.000000237. The van der Waals surface area contributed by atoms with Crippen LogP contribution in [0.25, 0.3) is 33.4 Å². The minimum Gasteiger partial charge on any atom is -0.508 e. The van der Waals surface area contributed by atoms with Gasteiger partial charge < -0.3 is 48.7 Å². The first kappa shape index (κ1) is 116. The molecular weight excluding hydrogens is 1910 g/mol. The van der Waals surface area contributed by atoms with Gasteiger partial charge in [-0.3, -0.25) is 19.5 Å². The fraction of sp³-hybridized carbons (Fsp3) is 0.491. The van der Waals surface area contributed by atoms with Crippen LogP contribution in [0.4, 0.5) is 26.3 Å². The number of aromatic hydroxyl groups is 1. The topological polar surface area (TPSA) is 287 Å². The predicted octanol–water partition coefficient (Wildman–Crippen LogP) is 25.9. The van der Waals surface area contributed by atoms with E-state index in [1.165, 1.54) is 52.3 Å². The van der Waals surface area contributed by atoms with E-state index in [0.717, 1.165) is 75.2 Å². The standard InChI is InChI=1S/C38H48F2N2O5.C33H38F2N2O5.C21H27FN2O3.C17H23FO3.C3H9BrSi/c1-22(2)42(23(3)4)21-27-18-29(24(5)16-30(27)31-19-33(45-10)41-20-32(31)39)35(43)46-28-13-11-12-26(17-28)34(25-14-15-25)38(9,40)36(44)47-37(6,7)8;1-18(2)37(19(3)4)17-23-14-25(20(5)12-26(23)27-15-29(38)36-16-28(27)34)31(39)42-24-9-7-8-22(13-24)30(21-10-11-21)33(6,35)32(40)41;1-12(2)24(13(3)4)11-15-8-16(21(25)26)14(5)7-17(15)18-9-20(27-6)23-10-19(18)22;1-16(2,3)21-15(20)17(4,18)14(11-8-9-11)12-6-5-7-13(19)10-12;1-5(2,3)4/h11-13,16-20,22-23,25,34H,14-15,21H2,1-10H3;7-9,12-16,18-19,21,30H,10-11,17H2,1-6H3,(H,36,38)(H,40,41);7-10,12-13H,11H2,1-6H3,(H,25,26);5-7,10-11,14,19H,8-9H2,1-4H3;1-3H3/t34-,38+;30-,33+;;14-,17+;/m00.0./s1. The number of halogens is 7. The Kier molecular flexibility index (Phi) is 39.7. The number of pyridine rings is 3. The van der Waals surface area contributed by atoms with Gasteiger partial charge in [0.15, 0.2) is 0 Å². The van der Waals surface area contributed by atoms with Gasteiger partial charge in [0.25, 0.3) is 0 Å². The summed E-state index contributed by atoms with van der Waals surface area (Å²) in [5.74, 6) is -8.24. The van der Waals surface area contributed by atoms with Crippen LogP contribution >= 0.6 is 15.3 Å². The monoisotopic (exact) mass is 2050 g/mol. The van der Waals surface area contributed by atoms with Crippen LogP contribution in [0.1, 0.15) is 283 Å². The number of H-pyrrole nitrogens is 1. The molecule has 3 aromatic heterocycles. The average molecular weight is 2050 g/mol. The van der Waals surface area contributed by atoms with E-state index in [1.54, 1.807) is 165 Å². The van der Waals surface area contributed by atoms with E-state index in [4.69, 9.17) is 28.4 Å². The normalized spacial score (nSPS) is 15.2. The molecule has 30 heteroatoms. The van der Waals surface area contributed by atoms with Crippen LogP contribution in [0.2, 0.25) is 19.6 Å². The van der Waals surface area contributed by atoms with Crippen molar-refractivity contribution in [1.29, 1.82) is 0 Å². The second-order valence-electron chi connectivity index (χ2n) is 42.4. The number of aromatic amines is 1. The minimum atomic E-state index is -2.47. The lowest BCUT2D eigenvalue weighted by atomic mass is 9.80. The molecule has 3 heterocycles. The van der Waals surface area contributed by atoms with Crippen molar-refractivity contribution in [2.45, 2.75) is 326 Å². The maximum atomic E-state index is 16.3. The maximum Gasteiger partial charge on any atom is 0.344 e. The molecule has 12 rings (SSSR count). The van der Waals surface area contributed by atoms with Crippen molar-refractivity contribution in [2.75, 3.05) is 14.2 Å². The second-order valence-corrected chi connectivity index (χ2v) is 53.7. The molecule has 3 saturated carbocycles. The molecule has 6 aromatic carbocycles. The van der Waals surface area contributed by atoms with E-state index in [1.807, 2.05) is 27.7 Å². The highest BCUT2D eigenvalue weighted by Gasteiger charge is 2.54. The fourth-order valence-corrected chi connectivity index (χ4v) is 17.8. The van der Waals surface area contributed by atoms with Crippen LogP contribution in [0.15, 0.2) is 151 Å². The number of aryl methyl sites for hydroxylation is 3. The molecule has 0 aliphatic heterocycles. The number of carbonyl (C=O) groups is 6. The Bertz CT molecular complexity index is 5960. The van der Waals surface area contributed by atoms with Crippen molar-refractivity contribution in [3.8, 4) is 62.4 Å². The number of aromatic nitrogens is 3. The highest BCUT2D eigenvalue weighted by molar-refractivity contribution is 9.26. The number of methoxy groups -OCH3 is 2. The first-order chi connectivity index (χ1) is 65.9. The quantitative estimate of drug-likeness (QED) is 0.00958. The van der Waals surface area contributed by atoms with E-state index in [9.17, 15) is 57.7 Å². The number of carboxylic acid groups (broad SMARTS) is 2. The molecule has 0 amide bonds. The summed E-state index contributed by atoms with van der Waals surface area (Å²) in [5, 5.41) is 28.7. The van der Waals surface area contributed by atoms with E-state index < -0.39 is 111 Å². The van der Waals surface area contributed by atoms with Gasteiger partial charge in [-0.2, -0.15) is 0 Å². The zero-order valence-electron chi connectivity index (χ0n) is 87.7. The molecule has 6 atom stereocenters. The van der Waals surface area contributed by atoms with Crippen LogP contribution in [0, 0.1) is 56.0 Å². The molecule has 0 unspecified atom stereocenters. The number of hydrogen-bond donors (Lipinski definition) is 4. The third-order valence-corrected chi connectivity index (χ3v) is 25.0. The van der Waals surface area contributed by atoms with Gasteiger partial charge in [-0.05, 0) is 344 Å². The smallest absolute Gasteiger partial charge is 0.344 e. The Morgan fingerprint density at radius 3 is 1.04 bits per heavy atom. The molecule has 22 nitrogen and oxygen atoms in total. The molecular formula is C112H145BrF6N6O16Si. The van der Waals surface area contributed by atoms with Gasteiger partial charge in [0.1, 0.15) is 52.6 Å². The fourth-order valence-electron chi connectivity index (χ4n) is 17.8. The number of carboxylic acids is 2. The highest BCUT2D eigenvalue weighted by atomic mass is 79.9. The molecule has 772 valence electrons. The highest BCUT2D eigenvalue weighted by Crippen LogP contribution is 2.54. The van der Waals surface area contributed by atoms with Crippen LogP contribution in [-0.2, 0) is 43.5 Å². The lowest BCUT2D eigenvalue weighted by molar-refractivity contribution is -0.171. The van der Waals surface area contributed by atoms with Gasteiger partial charge in [0.2, 0.25) is 34.3 Å². The molecule has 9 aromatic rings. The second kappa shape index (κ2) is 48.6. The Labute approximate surface area is 842 Å². The van der Waals surface area contributed by atoms with Gasteiger partial charge in [-0.15, -0.1) is 15.3 Å². The number of aliphatic carboxylic acids is 1. The summed E-state index contributed by atoms with van der Waals surface area (Å²) in [7, 11) is 2.95. The summed E-state index contributed by atoms with van der Waals surface area (Å²) in [4.78, 5) is 105. The number of nitrogens with zero attached hydrogens (tertiary/aromatic N) is 5. The number of ether oxygens (including phenoxy) is 6. The van der Waals surface area contributed by atoms with Crippen LogP contribution < -0.4 is 24.5 Å². The third kappa shape index (κ3) is 32.0. The molecule has 0 radical (unpaired) electrons. The minimum absolute atomic E-state index is 0.0297.